The van der Waals surface area contributed by atoms with E-state index in [1.165, 1.54) is 0 Å². The molecule has 0 spiro atoms. The van der Waals surface area contributed by atoms with Crippen LogP contribution in [0.5, 0.6) is 0 Å². The first kappa shape index (κ1) is 14.7. The number of benzene rings is 1. The lowest BCUT2D eigenvalue weighted by Gasteiger charge is -2.13. The number of carbonyl (C=O) groups excluding carboxylic acids is 1. The fourth-order valence-corrected chi connectivity index (χ4v) is 2.31. The fraction of sp³-hybridized carbons (Fsp3) is 0.429. The van der Waals surface area contributed by atoms with Crippen molar-refractivity contribution >= 4 is 28.9 Å². The molecule has 5 nitrogen and oxygen atoms in total. The first-order valence-electron chi connectivity index (χ1n) is 6.87. The number of amides is 1. The van der Waals surface area contributed by atoms with E-state index in [4.69, 9.17) is 12.2 Å². The molecule has 1 aliphatic heterocycles. The van der Waals surface area contributed by atoms with E-state index in [-0.39, 0.29) is 11.9 Å². The first-order valence-corrected chi connectivity index (χ1v) is 7.27. The van der Waals surface area contributed by atoms with Gasteiger partial charge in [-0.2, -0.15) is 0 Å². The molecule has 0 bridgehead atoms. The minimum absolute atomic E-state index is 0.0237. The molecule has 1 atom stereocenters. The van der Waals surface area contributed by atoms with E-state index in [0.717, 1.165) is 25.1 Å². The maximum atomic E-state index is 11.7. The van der Waals surface area contributed by atoms with Gasteiger partial charge in [-0.15, -0.1) is 0 Å². The van der Waals surface area contributed by atoms with E-state index >= 15 is 0 Å². The van der Waals surface area contributed by atoms with Crippen molar-refractivity contribution in [2.75, 3.05) is 25.0 Å². The van der Waals surface area contributed by atoms with E-state index in [1.807, 2.05) is 30.3 Å². The van der Waals surface area contributed by atoms with Gasteiger partial charge < -0.3 is 21.3 Å². The monoisotopic (exact) mass is 292 g/mol. The van der Waals surface area contributed by atoms with Crippen molar-refractivity contribution in [3.8, 4) is 0 Å². The van der Waals surface area contributed by atoms with Crippen molar-refractivity contribution in [3.05, 3.63) is 30.3 Å². The van der Waals surface area contributed by atoms with Crippen molar-refractivity contribution < 1.29 is 4.79 Å². The lowest BCUT2D eigenvalue weighted by molar-refractivity contribution is -0.122. The zero-order valence-electron chi connectivity index (χ0n) is 11.3. The summed E-state index contributed by atoms with van der Waals surface area (Å²) in [7, 11) is 0. The smallest absolute Gasteiger partial charge is 0.237 e. The summed E-state index contributed by atoms with van der Waals surface area (Å²) in [6.07, 6.45) is 1.99. The van der Waals surface area contributed by atoms with Crippen molar-refractivity contribution in [2.24, 2.45) is 0 Å². The van der Waals surface area contributed by atoms with E-state index in [2.05, 4.69) is 21.3 Å². The predicted octanol–water partition coefficient (Wildman–Crippen LogP) is 0.841. The lowest BCUT2D eigenvalue weighted by Crippen LogP contribution is -2.43. The third-order valence-corrected chi connectivity index (χ3v) is 3.36. The number of thiocarbonyl (C=S) groups is 1. The van der Waals surface area contributed by atoms with Crippen molar-refractivity contribution in [3.63, 3.8) is 0 Å². The molecule has 20 heavy (non-hydrogen) atoms. The molecule has 6 heteroatoms. The highest BCUT2D eigenvalue weighted by Crippen LogP contribution is 2.04. The zero-order valence-corrected chi connectivity index (χ0v) is 12.1. The summed E-state index contributed by atoms with van der Waals surface area (Å²) >= 11 is 5.18. The van der Waals surface area contributed by atoms with Crippen LogP contribution in [0.3, 0.4) is 0 Å². The topological polar surface area (TPSA) is 65.2 Å². The number of para-hydroxylation sites is 1. The van der Waals surface area contributed by atoms with Gasteiger partial charge in [-0.25, -0.2) is 0 Å². The summed E-state index contributed by atoms with van der Waals surface area (Å²) in [5.74, 6) is 0.0752. The normalized spacial score (nSPS) is 17.5. The van der Waals surface area contributed by atoms with Gasteiger partial charge in [0.25, 0.3) is 0 Å². The molecular formula is C14H20N4OS. The first-order chi connectivity index (χ1) is 9.75. The van der Waals surface area contributed by atoms with Gasteiger partial charge in [-0.1, -0.05) is 18.2 Å². The summed E-state index contributed by atoms with van der Waals surface area (Å²) in [4.78, 5) is 11.7. The largest absolute Gasteiger partial charge is 0.361 e. The number of hydrogen-bond donors (Lipinski definition) is 4. The van der Waals surface area contributed by atoms with Crippen LogP contribution < -0.4 is 21.3 Å². The Kier molecular flexibility index (Phi) is 5.76. The van der Waals surface area contributed by atoms with Gasteiger partial charge in [0, 0.05) is 18.8 Å². The maximum Gasteiger partial charge on any atom is 0.237 e. The molecule has 2 rings (SSSR count). The van der Waals surface area contributed by atoms with Gasteiger partial charge in [0.1, 0.15) is 0 Å². The molecule has 4 N–H and O–H groups in total. The van der Waals surface area contributed by atoms with Crippen LogP contribution in [-0.4, -0.2) is 36.7 Å². The molecule has 1 aromatic carbocycles. The number of rotatable bonds is 5. The summed E-state index contributed by atoms with van der Waals surface area (Å²) in [6, 6.07) is 9.71. The van der Waals surface area contributed by atoms with Crippen LogP contribution in [0.25, 0.3) is 0 Å². The predicted molar refractivity (Wildman–Crippen MR) is 84.7 cm³/mol. The highest BCUT2D eigenvalue weighted by molar-refractivity contribution is 7.80. The molecule has 0 aromatic heterocycles. The number of carbonyl (C=O) groups is 1. The third kappa shape index (κ3) is 4.79. The van der Waals surface area contributed by atoms with E-state index in [0.29, 0.717) is 18.2 Å². The van der Waals surface area contributed by atoms with Crippen LogP contribution >= 0.6 is 12.2 Å². The fourth-order valence-electron chi connectivity index (χ4n) is 2.09. The van der Waals surface area contributed by atoms with E-state index < -0.39 is 0 Å². The SMILES string of the molecule is O=C(NCCNC(=S)Nc1ccccc1)[C@@H]1CCCN1. The van der Waals surface area contributed by atoms with Crippen LogP contribution in [0.15, 0.2) is 30.3 Å². The number of anilines is 1. The zero-order chi connectivity index (χ0) is 14.2. The second-order valence-electron chi connectivity index (χ2n) is 4.69. The Bertz CT molecular complexity index is 446. The minimum atomic E-state index is -0.0237. The van der Waals surface area contributed by atoms with Crippen molar-refractivity contribution in [2.45, 2.75) is 18.9 Å². The van der Waals surface area contributed by atoms with E-state index in [1.54, 1.807) is 0 Å². The molecule has 1 aromatic rings. The van der Waals surface area contributed by atoms with Gasteiger partial charge in [0.15, 0.2) is 5.11 Å². The summed E-state index contributed by atoms with van der Waals surface area (Å²) in [5, 5.41) is 12.8. The maximum absolute atomic E-state index is 11.7. The van der Waals surface area contributed by atoms with Crippen LogP contribution in [0.1, 0.15) is 12.8 Å². The van der Waals surface area contributed by atoms with Crippen LogP contribution in [0, 0.1) is 0 Å². The Balaban J connectivity index is 1.58. The van der Waals surface area contributed by atoms with Gasteiger partial charge in [-0.3, -0.25) is 4.79 Å². The second kappa shape index (κ2) is 7.81. The van der Waals surface area contributed by atoms with Gasteiger partial charge >= 0.3 is 0 Å². The summed E-state index contributed by atoms with van der Waals surface area (Å²) < 4.78 is 0. The Labute approximate surface area is 124 Å². The molecule has 0 unspecified atom stereocenters. The van der Waals surface area contributed by atoms with E-state index in [9.17, 15) is 4.79 Å². The molecule has 0 aliphatic carbocycles. The molecule has 1 aliphatic rings. The highest BCUT2D eigenvalue weighted by atomic mass is 32.1. The molecule has 1 fully saturated rings. The van der Waals surface area contributed by atoms with Crippen LogP contribution in [-0.2, 0) is 4.79 Å². The average molecular weight is 292 g/mol. The average Bonchev–Trinajstić information content (AvgIpc) is 2.99. The van der Waals surface area contributed by atoms with Crippen molar-refractivity contribution in [1.82, 2.24) is 16.0 Å². The van der Waals surface area contributed by atoms with Gasteiger partial charge in [0.2, 0.25) is 5.91 Å². The Hall–Kier alpha value is -1.66. The molecule has 0 radical (unpaired) electrons. The Morgan fingerprint density at radius 2 is 2.00 bits per heavy atom. The van der Waals surface area contributed by atoms with Crippen LogP contribution in [0.4, 0.5) is 5.69 Å². The van der Waals surface area contributed by atoms with Gasteiger partial charge in [-0.05, 0) is 43.7 Å². The standard InChI is InChI=1S/C14H20N4OS/c19-13(12-7-4-8-15-12)16-9-10-17-14(20)18-11-5-2-1-3-6-11/h1-3,5-6,12,15H,4,7-10H2,(H,16,19)(H2,17,18,20)/t12-/m0/s1. The Morgan fingerprint density at radius 3 is 2.70 bits per heavy atom. The molecule has 1 amide bonds. The number of hydrogen-bond acceptors (Lipinski definition) is 3. The minimum Gasteiger partial charge on any atom is -0.361 e. The molecule has 0 saturated carbocycles. The number of nitrogens with one attached hydrogen (secondary N) is 4. The van der Waals surface area contributed by atoms with Crippen LogP contribution in [0.2, 0.25) is 0 Å². The molecule has 108 valence electrons. The van der Waals surface area contributed by atoms with Gasteiger partial charge in [0.05, 0.1) is 6.04 Å². The molecule has 1 saturated heterocycles. The summed E-state index contributed by atoms with van der Waals surface area (Å²) in [6.45, 7) is 2.10. The highest BCUT2D eigenvalue weighted by Gasteiger charge is 2.20. The Morgan fingerprint density at radius 1 is 1.25 bits per heavy atom. The summed E-state index contributed by atoms with van der Waals surface area (Å²) in [5.41, 5.74) is 0.948. The second-order valence-corrected chi connectivity index (χ2v) is 5.10. The molecular weight excluding hydrogens is 272 g/mol. The molecule has 1 heterocycles. The third-order valence-electron chi connectivity index (χ3n) is 3.12. The quantitative estimate of drug-likeness (QED) is 0.478. The van der Waals surface area contributed by atoms with Crippen molar-refractivity contribution in [1.29, 1.82) is 0 Å². The lowest BCUT2D eigenvalue weighted by atomic mass is 10.2.